The number of fused-ring (bicyclic) bond motifs is 8. The van der Waals surface area contributed by atoms with E-state index in [2.05, 4.69) is 372 Å². The van der Waals surface area contributed by atoms with Gasteiger partial charge in [-0.2, -0.15) is 0 Å². The zero-order chi connectivity index (χ0) is 81.1. The Morgan fingerprint density at radius 3 is 1.07 bits per heavy atom. The predicted octanol–water partition coefficient (Wildman–Crippen LogP) is 27.4. The first-order valence-corrected chi connectivity index (χ1v) is 40.7. The smallest absolute Gasteiger partial charge is 0.148 e. The molecule has 0 amide bonds. The second-order valence-corrected chi connectivity index (χ2v) is 30.9. The van der Waals surface area contributed by atoms with Crippen LogP contribution in [-0.4, -0.2) is 48.4 Å². The van der Waals surface area contributed by atoms with Crippen molar-refractivity contribution in [3.63, 3.8) is 0 Å². The summed E-state index contributed by atoms with van der Waals surface area (Å²) in [5.41, 5.74) is 28.8. The first kappa shape index (κ1) is 78.2. The summed E-state index contributed by atoms with van der Waals surface area (Å²) in [5, 5.41) is 27.1. The van der Waals surface area contributed by atoms with E-state index in [1.165, 1.54) is 5.56 Å². The van der Waals surface area contributed by atoms with Crippen LogP contribution >= 0.6 is 0 Å². The molecule has 12 heteroatoms. The Balaban J connectivity index is 0.000000159. The molecule has 0 aliphatic carbocycles. The van der Waals surface area contributed by atoms with Crippen LogP contribution in [0.4, 0.5) is 0 Å². The van der Waals surface area contributed by atoms with Crippen molar-refractivity contribution >= 4 is 65.7 Å². The van der Waals surface area contributed by atoms with Gasteiger partial charge in [-0.05, 0) is 119 Å². The fraction of sp³-hybridized carbons (Fsp3) is 0.0270. The van der Waals surface area contributed by atoms with E-state index < -0.39 is 0 Å². The summed E-state index contributed by atoms with van der Waals surface area (Å²) in [6.45, 7) is 4.57. The van der Waals surface area contributed by atoms with Crippen molar-refractivity contribution in [2.75, 3.05) is 0 Å². The quantitative estimate of drug-likeness (QED) is 0.0989. The minimum absolute atomic E-state index is 0. The van der Waals surface area contributed by atoms with Crippen LogP contribution in [0, 0.1) is 12.1 Å². The molecule has 123 heavy (non-hydrogen) atoms. The third kappa shape index (κ3) is 14.0. The van der Waals surface area contributed by atoms with Crippen molar-refractivity contribution in [3.05, 3.63) is 436 Å². The van der Waals surface area contributed by atoms with E-state index >= 15 is 0 Å². The Morgan fingerprint density at radius 2 is 0.610 bits per heavy atom. The molecule has 2 N–H and O–H groups in total. The number of aromatic hydroxyl groups is 2. The van der Waals surface area contributed by atoms with Gasteiger partial charge in [0.15, 0.2) is 0 Å². The van der Waals surface area contributed by atoms with Gasteiger partial charge in [0.05, 0.1) is 66.6 Å². The predicted molar refractivity (Wildman–Crippen MR) is 495 cm³/mol. The third-order valence-corrected chi connectivity index (χ3v) is 23.5. The number of phenols is 2. The van der Waals surface area contributed by atoms with Crippen molar-refractivity contribution in [2.24, 2.45) is 0 Å². The molecule has 22 aromatic rings. The monoisotopic (exact) mass is 1940 g/mol. The molecule has 22 rings (SSSR count). The average Bonchev–Trinajstić information content (AvgIpc) is 1.61. The van der Waals surface area contributed by atoms with Crippen LogP contribution in [0.1, 0.15) is 25.0 Å². The number of phenolic OH excluding ortho intramolecular Hbond substituents is 2. The Kier molecular flexibility index (Phi) is 21.1. The summed E-state index contributed by atoms with van der Waals surface area (Å²) >= 11 is 0. The summed E-state index contributed by atoms with van der Waals surface area (Å²) in [5.74, 6) is 1.62. The van der Waals surface area contributed by atoms with Crippen LogP contribution in [-0.2, 0) is 47.5 Å². The van der Waals surface area contributed by atoms with Crippen LogP contribution in [0.3, 0.4) is 0 Å². The van der Waals surface area contributed by atoms with Crippen LogP contribution in [0.15, 0.2) is 413 Å². The largest absolute Gasteiger partial charge is 0.507 e. The molecule has 0 spiro atoms. The van der Waals surface area contributed by atoms with Gasteiger partial charge in [-0.3, -0.25) is 19.1 Å². The third-order valence-electron chi connectivity index (χ3n) is 23.5. The molecule has 0 saturated heterocycles. The van der Waals surface area contributed by atoms with Gasteiger partial charge in [0, 0.05) is 115 Å². The number of benzene rings is 16. The minimum Gasteiger partial charge on any atom is -0.507 e. The van der Waals surface area contributed by atoms with Crippen molar-refractivity contribution < 1.29 is 52.3 Å². The van der Waals surface area contributed by atoms with Gasteiger partial charge in [-0.25, -0.2) is 9.97 Å². The molecule has 594 valence electrons. The summed E-state index contributed by atoms with van der Waals surface area (Å²) in [6.07, 6.45) is 3.83. The number of pyridine rings is 2. The van der Waals surface area contributed by atoms with E-state index in [0.29, 0.717) is 22.8 Å². The molecule has 0 radical (unpaired) electrons. The maximum atomic E-state index is 11.4. The van der Waals surface area contributed by atoms with Crippen molar-refractivity contribution in [2.45, 2.75) is 19.3 Å². The van der Waals surface area contributed by atoms with E-state index in [1.54, 1.807) is 12.1 Å². The first-order chi connectivity index (χ1) is 59.7. The molecule has 10 nitrogen and oxygen atoms in total. The molecule has 16 aromatic carbocycles. The standard InChI is InChI=1S/C57H41N4O.C54H35N4O.2Pt/c1-57(2,41-21-8-4-9-22-41)42-36-39(35-40(37-42)54-53-46-26-13-16-30-49(46)60(50(53)33-34-58-54)43-23-10-5-11-24-43)45-28-18-31-51-55(45)59-56(47-27-14-17-32-52(47)62)61(51)48-29-15-12-25-44(48)38-19-6-3-7-20-38;59-50-30-15-12-25-45(50)54-56-53-43(26-16-29-49(53)58(54)46-27-13-10-23-42(46)37-19-6-2-7-20-37)39-33-38(36-17-4-1-5-18-36)34-40(35-39)52-51-44-24-11-14-28-47(44)57(48(51)31-32-55-52)41-21-8-3-9-22-41;;/h3-34,36-37,62H,1-2H3;1-34,59H;;/q2*-1;;. The Hall–Kier alpha value is -14.7. The minimum atomic E-state index is -0.380. The zero-order valence-corrected chi connectivity index (χ0v) is 71.4. The van der Waals surface area contributed by atoms with Gasteiger partial charge in [0.1, 0.15) is 23.1 Å². The summed E-state index contributed by atoms with van der Waals surface area (Å²) < 4.78 is 9.02. The van der Waals surface area contributed by atoms with Gasteiger partial charge in [0.2, 0.25) is 0 Å². The average molecular weight is 1940 g/mol. The van der Waals surface area contributed by atoms with E-state index in [1.807, 2.05) is 73.1 Å². The summed E-state index contributed by atoms with van der Waals surface area (Å²) in [4.78, 5) is 21.2. The molecule has 6 heterocycles. The van der Waals surface area contributed by atoms with E-state index in [0.717, 1.165) is 172 Å². The van der Waals surface area contributed by atoms with Crippen molar-refractivity contribution in [3.8, 4) is 135 Å². The first-order valence-electron chi connectivity index (χ1n) is 40.7. The number of nitrogens with zero attached hydrogens (tertiary/aromatic N) is 8. The van der Waals surface area contributed by atoms with E-state index in [-0.39, 0.29) is 59.0 Å². The second kappa shape index (κ2) is 33.2. The van der Waals surface area contributed by atoms with Gasteiger partial charge in [0.25, 0.3) is 0 Å². The Morgan fingerprint density at radius 1 is 0.268 bits per heavy atom. The van der Waals surface area contributed by atoms with Crippen molar-refractivity contribution in [1.82, 2.24) is 38.2 Å². The number of aromatic nitrogens is 8. The molecule has 0 bridgehead atoms. The molecular weight excluding hydrogens is 1870 g/mol. The summed E-state index contributed by atoms with van der Waals surface area (Å²) in [7, 11) is 0. The number of para-hydroxylation sites is 10. The van der Waals surface area contributed by atoms with Gasteiger partial charge in [-0.1, -0.05) is 321 Å². The van der Waals surface area contributed by atoms with Gasteiger partial charge < -0.3 is 19.3 Å². The molecule has 0 aliphatic rings. The van der Waals surface area contributed by atoms with Crippen LogP contribution in [0.25, 0.3) is 189 Å². The van der Waals surface area contributed by atoms with Gasteiger partial charge >= 0.3 is 0 Å². The number of imidazole rings is 2. The molecule has 0 fully saturated rings. The number of hydrogen-bond acceptors (Lipinski definition) is 6. The van der Waals surface area contributed by atoms with Crippen molar-refractivity contribution in [1.29, 1.82) is 0 Å². The number of rotatable bonds is 15. The van der Waals surface area contributed by atoms with E-state index in [4.69, 9.17) is 19.9 Å². The zero-order valence-electron chi connectivity index (χ0n) is 66.9. The molecular formula is C111H76N8O2Pt2-2. The Labute approximate surface area is 740 Å². The van der Waals surface area contributed by atoms with Crippen LogP contribution in [0.5, 0.6) is 11.5 Å². The maximum Gasteiger partial charge on any atom is 0.148 e. The normalized spacial score (nSPS) is 11.4. The van der Waals surface area contributed by atoms with Crippen LogP contribution in [0.2, 0.25) is 0 Å². The molecule has 0 aliphatic heterocycles. The number of hydrogen-bond donors (Lipinski definition) is 2. The second-order valence-electron chi connectivity index (χ2n) is 30.9. The molecule has 6 aromatic heterocycles. The maximum absolute atomic E-state index is 11.4. The molecule has 0 unspecified atom stereocenters. The van der Waals surface area contributed by atoms with Gasteiger partial charge in [-0.15, -0.1) is 53.1 Å². The SMILES string of the molecule is CC(C)(c1ccccc1)c1cc(-c2cccc3c2nc(-c2ccccc2O)n3-c2ccccc2-c2ccccc2)[c-]c(-c2nccc3c2c2ccccc2n3-c2ccccc2)c1.Oc1ccccc1-c1nc2c(-c3[c-]c(-c4nccc5c4c4ccccc4n5-c4ccccc4)cc(-c4ccccc4)c3)cccc2n1-c1ccccc1-c1ccccc1.[Pt].[Pt]. The van der Waals surface area contributed by atoms with Crippen LogP contribution < -0.4 is 0 Å². The van der Waals surface area contributed by atoms with E-state index in [9.17, 15) is 10.2 Å². The fourth-order valence-corrected chi connectivity index (χ4v) is 17.7. The summed E-state index contributed by atoms with van der Waals surface area (Å²) in [6, 6.07) is 145. The molecule has 0 atom stereocenters. The molecule has 0 saturated carbocycles. The Bertz CT molecular complexity index is 7700. The fourth-order valence-electron chi connectivity index (χ4n) is 17.7. The topological polar surface area (TPSA) is 112 Å².